The fraction of sp³-hybridized carbons (Fsp3) is 0.462. The molecule has 0 spiro atoms. The Balaban J connectivity index is 2.17. The van der Waals surface area contributed by atoms with E-state index in [1.807, 2.05) is 24.3 Å². The van der Waals surface area contributed by atoms with Crippen molar-refractivity contribution in [2.75, 3.05) is 20.3 Å². The molecule has 0 aromatic heterocycles. The zero-order chi connectivity index (χ0) is 13.4. The second-order valence-electron chi connectivity index (χ2n) is 3.84. The minimum Gasteiger partial charge on any atom is -0.479 e. The van der Waals surface area contributed by atoms with Crippen LogP contribution in [0.2, 0.25) is 5.02 Å². The van der Waals surface area contributed by atoms with Gasteiger partial charge in [0, 0.05) is 25.2 Å². The highest BCUT2D eigenvalue weighted by molar-refractivity contribution is 6.30. The number of carboxylic acid groups (broad SMARTS) is 1. The molecule has 1 rings (SSSR count). The minimum absolute atomic E-state index is 0.349. The van der Waals surface area contributed by atoms with Crippen LogP contribution in [0.1, 0.15) is 12.0 Å². The highest BCUT2D eigenvalue weighted by Gasteiger charge is 2.15. The molecule has 100 valence electrons. The maximum Gasteiger partial charge on any atom is 0.332 e. The van der Waals surface area contributed by atoms with Crippen molar-refractivity contribution >= 4 is 17.6 Å². The lowest BCUT2D eigenvalue weighted by molar-refractivity contribution is -0.149. The maximum absolute atomic E-state index is 10.7. The maximum atomic E-state index is 10.7. The summed E-state index contributed by atoms with van der Waals surface area (Å²) >= 11 is 5.86. The minimum atomic E-state index is -0.962. The SMILES string of the molecule is COC(CCOCCc1cccc(Cl)c1)C(=O)O. The Morgan fingerprint density at radius 2 is 2.22 bits per heavy atom. The van der Waals surface area contributed by atoms with Gasteiger partial charge in [-0.3, -0.25) is 0 Å². The molecule has 0 saturated carbocycles. The zero-order valence-corrected chi connectivity index (χ0v) is 11.0. The number of carboxylic acids is 1. The van der Waals surface area contributed by atoms with E-state index >= 15 is 0 Å². The van der Waals surface area contributed by atoms with Gasteiger partial charge in [-0.1, -0.05) is 23.7 Å². The van der Waals surface area contributed by atoms with E-state index in [0.717, 1.165) is 12.0 Å². The first-order valence-electron chi connectivity index (χ1n) is 5.71. The first-order valence-corrected chi connectivity index (χ1v) is 6.09. The van der Waals surface area contributed by atoms with E-state index in [1.54, 1.807) is 0 Å². The third kappa shape index (κ3) is 5.49. The van der Waals surface area contributed by atoms with Gasteiger partial charge < -0.3 is 14.6 Å². The first-order chi connectivity index (χ1) is 8.63. The van der Waals surface area contributed by atoms with Gasteiger partial charge in [-0.05, 0) is 24.1 Å². The molecule has 4 nitrogen and oxygen atoms in total. The Morgan fingerprint density at radius 3 is 2.83 bits per heavy atom. The van der Waals surface area contributed by atoms with Gasteiger partial charge in [-0.25, -0.2) is 4.79 Å². The summed E-state index contributed by atoms with van der Waals surface area (Å²) in [5.41, 5.74) is 1.10. The molecule has 0 radical (unpaired) electrons. The predicted octanol–water partition coefficient (Wildman–Crippen LogP) is 2.39. The molecule has 0 fully saturated rings. The molecule has 0 aliphatic carbocycles. The normalized spacial score (nSPS) is 12.3. The molecule has 1 atom stereocenters. The summed E-state index contributed by atoms with van der Waals surface area (Å²) in [5, 5.41) is 9.45. The Labute approximate surface area is 111 Å². The van der Waals surface area contributed by atoms with Crippen molar-refractivity contribution < 1.29 is 19.4 Å². The van der Waals surface area contributed by atoms with Crippen LogP contribution in [0.25, 0.3) is 0 Å². The number of ether oxygens (including phenoxy) is 2. The van der Waals surface area contributed by atoms with Crippen molar-refractivity contribution in [1.82, 2.24) is 0 Å². The standard InChI is InChI=1S/C13H17ClO4/c1-17-12(13(15)16)6-8-18-7-5-10-3-2-4-11(14)9-10/h2-4,9,12H,5-8H2,1H3,(H,15,16). The largest absolute Gasteiger partial charge is 0.479 e. The van der Waals surface area contributed by atoms with Crippen molar-refractivity contribution in [3.63, 3.8) is 0 Å². The second-order valence-corrected chi connectivity index (χ2v) is 4.28. The number of halogens is 1. The van der Waals surface area contributed by atoms with E-state index in [-0.39, 0.29) is 0 Å². The molecular formula is C13H17ClO4. The van der Waals surface area contributed by atoms with Crippen LogP contribution in [0.4, 0.5) is 0 Å². The Bertz CT molecular complexity index is 381. The van der Waals surface area contributed by atoms with E-state index < -0.39 is 12.1 Å². The topological polar surface area (TPSA) is 55.8 Å². The summed E-state index contributed by atoms with van der Waals surface area (Å²) < 4.78 is 10.2. The lowest BCUT2D eigenvalue weighted by atomic mass is 10.2. The predicted molar refractivity (Wildman–Crippen MR) is 69.0 cm³/mol. The number of benzene rings is 1. The van der Waals surface area contributed by atoms with Gasteiger partial charge in [-0.15, -0.1) is 0 Å². The van der Waals surface area contributed by atoms with E-state index in [2.05, 4.69) is 0 Å². The molecule has 1 N–H and O–H groups in total. The van der Waals surface area contributed by atoms with Gasteiger partial charge in [-0.2, -0.15) is 0 Å². The molecule has 1 aromatic carbocycles. The van der Waals surface area contributed by atoms with Crippen LogP contribution < -0.4 is 0 Å². The quantitative estimate of drug-likeness (QED) is 0.738. The molecule has 0 amide bonds. The Morgan fingerprint density at radius 1 is 1.44 bits per heavy atom. The number of hydrogen-bond donors (Lipinski definition) is 1. The summed E-state index contributed by atoms with van der Waals surface area (Å²) in [6.45, 7) is 0.905. The lowest BCUT2D eigenvalue weighted by Gasteiger charge is -2.10. The van der Waals surface area contributed by atoms with Gasteiger partial charge in [0.15, 0.2) is 6.10 Å². The van der Waals surface area contributed by atoms with Gasteiger partial charge >= 0.3 is 5.97 Å². The van der Waals surface area contributed by atoms with E-state index in [9.17, 15) is 4.79 Å². The van der Waals surface area contributed by atoms with Crippen LogP contribution in [-0.4, -0.2) is 37.5 Å². The molecule has 0 aliphatic rings. The average Bonchev–Trinajstić information content (AvgIpc) is 2.33. The van der Waals surface area contributed by atoms with Crippen molar-refractivity contribution in [3.05, 3.63) is 34.9 Å². The first kappa shape index (κ1) is 15.0. The van der Waals surface area contributed by atoms with Crippen LogP contribution in [-0.2, 0) is 20.7 Å². The summed E-state index contributed by atoms with van der Waals surface area (Å²) in [5.74, 6) is -0.962. The molecular weight excluding hydrogens is 256 g/mol. The fourth-order valence-electron chi connectivity index (χ4n) is 1.52. The van der Waals surface area contributed by atoms with Gasteiger partial charge in [0.2, 0.25) is 0 Å². The van der Waals surface area contributed by atoms with Crippen LogP contribution >= 0.6 is 11.6 Å². The molecule has 0 aliphatic heterocycles. The summed E-state index contributed by atoms with van der Waals surface area (Å²) in [7, 11) is 1.38. The third-order valence-electron chi connectivity index (χ3n) is 2.51. The number of carbonyl (C=O) groups is 1. The number of aliphatic carboxylic acids is 1. The number of methoxy groups -OCH3 is 1. The second kappa shape index (κ2) is 8.08. The summed E-state index contributed by atoms with van der Waals surface area (Å²) in [6, 6.07) is 7.58. The van der Waals surface area contributed by atoms with Crippen molar-refractivity contribution in [2.24, 2.45) is 0 Å². The average molecular weight is 273 g/mol. The van der Waals surface area contributed by atoms with E-state index in [1.165, 1.54) is 7.11 Å². The molecule has 0 bridgehead atoms. The number of hydrogen-bond acceptors (Lipinski definition) is 3. The van der Waals surface area contributed by atoms with Crippen LogP contribution in [0.15, 0.2) is 24.3 Å². The van der Waals surface area contributed by atoms with E-state index in [4.69, 9.17) is 26.2 Å². The molecule has 18 heavy (non-hydrogen) atoms. The Kier molecular flexibility index (Phi) is 6.72. The van der Waals surface area contributed by atoms with Crippen LogP contribution in [0.5, 0.6) is 0 Å². The smallest absolute Gasteiger partial charge is 0.332 e. The summed E-state index contributed by atoms with van der Waals surface area (Å²) in [4.78, 5) is 10.7. The van der Waals surface area contributed by atoms with Crippen LogP contribution in [0, 0.1) is 0 Å². The summed E-state index contributed by atoms with van der Waals surface area (Å²) in [6.07, 6.45) is 0.309. The monoisotopic (exact) mass is 272 g/mol. The zero-order valence-electron chi connectivity index (χ0n) is 10.3. The highest BCUT2D eigenvalue weighted by Crippen LogP contribution is 2.11. The van der Waals surface area contributed by atoms with E-state index in [0.29, 0.717) is 24.7 Å². The molecule has 0 heterocycles. The molecule has 1 aromatic rings. The van der Waals surface area contributed by atoms with Gasteiger partial charge in [0.1, 0.15) is 0 Å². The third-order valence-corrected chi connectivity index (χ3v) is 2.74. The Hall–Kier alpha value is -1.10. The molecule has 5 heteroatoms. The van der Waals surface area contributed by atoms with Crippen molar-refractivity contribution in [2.45, 2.75) is 18.9 Å². The lowest BCUT2D eigenvalue weighted by Crippen LogP contribution is -2.24. The van der Waals surface area contributed by atoms with Gasteiger partial charge in [0.05, 0.1) is 6.61 Å². The van der Waals surface area contributed by atoms with Crippen molar-refractivity contribution in [1.29, 1.82) is 0 Å². The highest BCUT2D eigenvalue weighted by atomic mass is 35.5. The fourth-order valence-corrected chi connectivity index (χ4v) is 1.73. The molecule has 1 unspecified atom stereocenters. The number of rotatable bonds is 8. The van der Waals surface area contributed by atoms with Crippen LogP contribution in [0.3, 0.4) is 0 Å². The van der Waals surface area contributed by atoms with Gasteiger partial charge in [0.25, 0.3) is 0 Å². The molecule has 0 saturated heterocycles. The van der Waals surface area contributed by atoms with Crippen molar-refractivity contribution in [3.8, 4) is 0 Å².